The van der Waals surface area contributed by atoms with Gasteiger partial charge in [-0.05, 0) is 26.0 Å². The number of aryl methyl sites for hydroxylation is 2. The first-order valence-electron chi connectivity index (χ1n) is 5.81. The number of hydrogen-bond acceptors (Lipinski definition) is 5. The molecular weight excluding hydrogens is 228 g/mol. The lowest BCUT2D eigenvalue weighted by Crippen LogP contribution is -2.10. The van der Waals surface area contributed by atoms with Crippen LogP contribution in [0.1, 0.15) is 11.6 Å². The van der Waals surface area contributed by atoms with Gasteiger partial charge in [0.15, 0.2) is 5.82 Å². The third-order valence-electron chi connectivity index (χ3n) is 2.34. The molecule has 1 aromatic carbocycles. The van der Waals surface area contributed by atoms with Gasteiger partial charge in [-0.1, -0.05) is 12.1 Å². The summed E-state index contributed by atoms with van der Waals surface area (Å²) in [4.78, 5) is 12.8. The molecule has 0 fully saturated rings. The summed E-state index contributed by atoms with van der Waals surface area (Å²) >= 11 is 0. The quantitative estimate of drug-likeness (QED) is 0.882. The van der Waals surface area contributed by atoms with Gasteiger partial charge < -0.3 is 10.5 Å². The first-order valence-corrected chi connectivity index (χ1v) is 5.81. The molecule has 2 aromatic rings. The molecule has 0 aliphatic heterocycles. The van der Waals surface area contributed by atoms with Crippen molar-refractivity contribution in [3.8, 4) is 17.1 Å². The van der Waals surface area contributed by atoms with Crippen molar-refractivity contribution < 1.29 is 4.74 Å². The number of nitrogens with zero attached hydrogens (tertiary/aromatic N) is 3. The number of ether oxygens (including phenoxy) is 1. The van der Waals surface area contributed by atoms with Crippen LogP contribution in [0, 0.1) is 13.8 Å². The summed E-state index contributed by atoms with van der Waals surface area (Å²) in [5.41, 5.74) is 6.32. The smallest absolute Gasteiger partial charge is 0.163 e. The van der Waals surface area contributed by atoms with E-state index in [-0.39, 0.29) is 0 Å². The zero-order valence-corrected chi connectivity index (χ0v) is 10.6. The summed E-state index contributed by atoms with van der Waals surface area (Å²) in [6, 6.07) is 7.66. The van der Waals surface area contributed by atoms with Gasteiger partial charge in [-0.15, -0.1) is 0 Å². The second-order valence-corrected chi connectivity index (χ2v) is 3.92. The maximum absolute atomic E-state index is 5.48. The van der Waals surface area contributed by atoms with Gasteiger partial charge in [0.1, 0.15) is 24.0 Å². The minimum Gasteiger partial charge on any atom is -0.492 e. The molecule has 18 heavy (non-hydrogen) atoms. The summed E-state index contributed by atoms with van der Waals surface area (Å²) < 4.78 is 5.48. The van der Waals surface area contributed by atoms with Crippen LogP contribution in [0.3, 0.4) is 0 Å². The monoisotopic (exact) mass is 244 g/mol. The SMILES string of the molecule is Cc1nc(C)nc(-c2cccc(OCCN)c2)n1. The van der Waals surface area contributed by atoms with Crippen molar-refractivity contribution in [1.29, 1.82) is 0 Å². The molecule has 0 radical (unpaired) electrons. The van der Waals surface area contributed by atoms with Crippen molar-refractivity contribution in [2.45, 2.75) is 13.8 Å². The van der Waals surface area contributed by atoms with Crippen LogP contribution in [0.4, 0.5) is 0 Å². The van der Waals surface area contributed by atoms with Gasteiger partial charge in [-0.25, -0.2) is 15.0 Å². The van der Waals surface area contributed by atoms with Gasteiger partial charge in [0, 0.05) is 12.1 Å². The normalized spacial score (nSPS) is 10.4. The third kappa shape index (κ3) is 3.01. The maximum Gasteiger partial charge on any atom is 0.163 e. The van der Waals surface area contributed by atoms with E-state index < -0.39 is 0 Å². The Morgan fingerprint density at radius 3 is 2.50 bits per heavy atom. The fraction of sp³-hybridized carbons (Fsp3) is 0.308. The van der Waals surface area contributed by atoms with Gasteiger partial charge in [0.05, 0.1) is 0 Å². The molecular formula is C13H16N4O. The molecule has 0 aliphatic rings. The minimum absolute atomic E-state index is 0.494. The van der Waals surface area contributed by atoms with Crippen LogP contribution < -0.4 is 10.5 Å². The summed E-state index contributed by atoms with van der Waals surface area (Å²) in [5.74, 6) is 2.86. The summed E-state index contributed by atoms with van der Waals surface area (Å²) in [7, 11) is 0. The Morgan fingerprint density at radius 2 is 1.83 bits per heavy atom. The van der Waals surface area contributed by atoms with Crippen LogP contribution >= 0.6 is 0 Å². The molecule has 0 amide bonds. The molecule has 1 heterocycles. The number of benzene rings is 1. The van der Waals surface area contributed by atoms with E-state index in [9.17, 15) is 0 Å². The number of aromatic nitrogens is 3. The molecule has 5 heteroatoms. The second kappa shape index (κ2) is 5.55. The van der Waals surface area contributed by atoms with Gasteiger partial charge in [-0.3, -0.25) is 0 Å². The van der Waals surface area contributed by atoms with Crippen LogP contribution in [0.15, 0.2) is 24.3 Å². The van der Waals surface area contributed by atoms with Crippen LogP contribution in [0.5, 0.6) is 5.75 Å². The number of rotatable bonds is 4. The van der Waals surface area contributed by atoms with Crippen LogP contribution in [-0.4, -0.2) is 28.1 Å². The standard InChI is InChI=1S/C13H16N4O/c1-9-15-10(2)17-13(16-9)11-4-3-5-12(8-11)18-7-6-14/h3-5,8H,6-7,14H2,1-2H3. The Balaban J connectivity index is 2.32. The second-order valence-electron chi connectivity index (χ2n) is 3.92. The average Bonchev–Trinajstić information content (AvgIpc) is 2.35. The molecule has 94 valence electrons. The van der Waals surface area contributed by atoms with Gasteiger partial charge in [0.25, 0.3) is 0 Å². The molecule has 1 aromatic heterocycles. The van der Waals surface area contributed by atoms with E-state index in [0.29, 0.717) is 30.6 Å². The lowest BCUT2D eigenvalue weighted by Gasteiger charge is -2.07. The van der Waals surface area contributed by atoms with Gasteiger partial charge >= 0.3 is 0 Å². The van der Waals surface area contributed by atoms with Crippen molar-refractivity contribution in [3.63, 3.8) is 0 Å². The van der Waals surface area contributed by atoms with E-state index in [0.717, 1.165) is 11.3 Å². The number of nitrogens with two attached hydrogens (primary N) is 1. The zero-order valence-electron chi connectivity index (χ0n) is 10.6. The van der Waals surface area contributed by atoms with Crippen LogP contribution in [0.2, 0.25) is 0 Å². The molecule has 0 bridgehead atoms. The van der Waals surface area contributed by atoms with Crippen molar-refractivity contribution in [3.05, 3.63) is 35.9 Å². The highest BCUT2D eigenvalue weighted by Gasteiger charge is 2.05. The molecule has 2 N–H and O–H groups in total. The van der Waals surface area contributed by atoms with E-state index in [1.165, 1.54) is 0 Å². The van der Waals surface area contributed by atoms with Crippen LogP contribution in [-0.2, 0) is 0 Å². The molecule has 2 rings (SSSR count). The maximum atomic E-state index is 5.48. The highest BCUT2D eigenvalue weighted by Crippen LogP contribution is 2.20. The zero-order chi connectivity index (χ0) is 13.0. The van der Waals surface area contributed by atoms with Crippen molar-refractivity contribution in [1.82, 2.24) is 15.0 Å². The summed E-state index contributed by atoms with van der Waals surface area (Å²) in [6.45, 7) is 4.70. The van der Waals surface area contributed by atoms with Crippen molar-refractivity contribution in [2.75, 3.05) is 13.2 Å². The molecule has 0 spiro atoms. The molecule has 0 aliphatic carbocycles. The predicted molar refractivity (Wildman–Crippen MR) is 69.3 cm³/mol. The van der Waals surface area contributed by atoms with E-state index in [1.54, 1.807) is 0 Å². The van der Waals surface area contributed by atoms with E-state index >= 15 is 0 Å². The Morgan fingerprint density at radius 1 is 1.11 bits per heavy atom. The van der Waals surface area contributed by atoms with E-state index in [2.05, 4.69) is 15.0 Å². The minimum atomic E-state index is 0.494. The van der Waals surface area contributed by atoms with Crippen LogP contribution in [0.25, 0.3) is 11.4 Å². The third-order valence-corrected chi connectivity index (χ3v) is 2.34. The fourth-order valence-electron chi connectivity index (χ4n) is 1.65. The van der Waals surface area contributed by atoms with Crippen molar-refractivity contribution >= 4 is 0 Å². The molecule has 0 saturated heterocycles. The first kappa shape index (κ1) is 12.4. The van der Waals surface area contributed by atoms with Gasteiger partial charge in [0.2, 0.25) is 0 Å². The molecule has 0 saturated carbocycles. The lowest BCUT2D eigenvalue weighted by atomic mass is 10.2. The van der Waals surface area contributed by atoms with E-state index in [1.807, 2.05) is 38.1 Å². The summed E-state index contributed by atoms with van der Waals surface area (Å²) in [5, 5.41) is 0. The molecule has 0 atom stereocenters. The molecule has 5 nitrogen and oxygen atoms in total. The lowest BCUT2D eigenvalue weighted by molar-refractivity contribution is 0.328. The number of hydrogen-bond donors (Lipinski definition) is 1. The Kier molecular flexibility index (Phi) is 3.84. The fourth-order valence-corrected chi connectivity index (χ4v) is 1.65. The van der Waals surface area contributed by atoms with Gasteiger partial charge in [-0.2, -0.15) is 0 Å². The summed E-state index contributed by atoms with van der Waals surface area (Å²) in [6.07, 6.45) is 0. The van der Waals surface area contributed by atoms with E-state index in [4.69, 9.17) is 10.5 Å². The highest BCUT2D eigenvalue weighted by atomic mass is 16.5. The van der Waals surface area contributed by atoms with Crippen molar-refractivity contribution in [2.24, 2.45) is 5.73 Å². The average molecular weight is 244 g/mol. The predicted octanol–water partition coefficient (Wildman–Crippen LogP) is 1.49. The first-order chi connectivity index (χ1) is 8.69. The Hall–Kier alpha value is -2.01. The Labute approximate surface area is 106 Å². The largest absolute Gasteiger partial charge is 0.492 e. The highest BCUT2D eigenvalue weighted by molar-refractivity contribution is 5.57. The Bertz CT molecular complexity index is 522. The topological polar surface area (TPSA) is 73.9 Å². The molecule has 0 unspecified atom stereocenters.